The van der Waals surface area contributed by atoms with Crippen molar-refractivity contribution in [2.45, 2.75) is 0 Å². The first-order valence-electron chi connectivity index (χ1n) is 8.08. The zero-order valence-electron chi connectivity index (χ0n) is 14.2. The smallest absolute Gasteiger partial charge is 0.250 e. The van der Waals surface area contributed by atoms with Crippen molar-refractivity contribution in [1.82, 2.24) is 5.32 Å². The van der Waals surface area contributed by atoms with E-state index in [0.29, 0.717) is 5.75 Å². The highest BCUT2D eigenvalue weighted by Crippen LogP contribution is 2.22. The van der Waals surface area contributed by atoms with Crippen molar-refractivity contribution in [3.63, 3.8) is 0 Å². The van der Waals surface area contributed by atoms with Gasteiger partial charge in [-0.25, -0.2) is 0 Å². The Morgan fingerprint density at radius 3 is 2.58 bits per heavy atom. The fourth-order valence-electron chi connectivity index (χ4n) is 2.61. The zero-order chi connectivity index (χ0) is 18.4. The van der Waals surface area contributed by atoms with Gasteiger partial charge in [0, 0.05) is 22.7 Å². The first-order chi connectivity index (χ1) is 12.7. The number of methoxy groups -OCH3 is 1. The molecule has 5 heteroatoms. The molecule has 0 spiro atoms. The Balaban J connectivity index is 1.66. The molecule has 0 aliphatic carbocycles. The van der Waals surface area contributed by atoms with Crippen LogP contribution in [0.1, 0.15) is 5.56 Å². The highest BCUT2D eigenvalue weighted by atomic mass is 32.1. The monoisotopic (exact) mass is 362 g/mol. The van der Waals surface area contributed by atoms with E-state index < -0.39 is 0 Å². The fourth-order valence-corrected chi connectivity index (χ4v) is 2.82. The summed E-state index contributed by atoms with van der Waals surface area (Å²) in [4.78, 5) is 12.1. The molecule has 2 N–H and O–H groups in total. The number of carbonyl (C=O) groups excluding carboxylic acids is 1. The van der Waals surface area contributed by atoms with Gasteiger partial charge in [-0.15, -0.1) is 0 Å². The molecule has 0 saturated heterocycles. The number of benzene rings is 3. The number of para-hydroxylation sites is 1. The van der Waals surface area contributed by atoms with Crippen LogP contribution in [-0.2, 0) is 4.79 Å². The maximum atomic E-state index is 12.1. The van der Waals surface area contributed by atoms with Gasteiger partial charge in [0.25, 0.3) is 0 Å². The molecule has 26 heavy (non-hydrogen) atoms. The number of ether oxygens (including phenoxy) is 1. The van der Waals surface area contributed by atoms with Gasteiger partial charge >= 0.3 is 0 Å². The van der Waals surface area contributed by atoms with Gasteiger partial charge in [0.05, 0.1) is 7.11 Å². The lowest BCUT2D eigenvalue weighted by atomic mass is 10.1. The number of hydrogen-bond donors (Lipinski definition) is 2. The van der Waals surface area contributed by atoms with Crippen molar-refractivity contribution in [2.75, 3.05) is 12.4 Å². The van der Waals surface area contributed by atoms with Gasteiger partial charge in [0.1, 0.15) is 5.75 Å². The van der Waals surface area contributed by atoms with Gasteiger partial charge in [0.2, 0.25) is 5.91 Å². The minimum Gasteiger partial charge on any atom is -0.496 e. The second-order valence-corrected chi connectivity index (χ2v) is 5.95. The van der Waals surface area contributed by atoms with Crippen LogP contribution in [0.25, 0.3) is 16.8 Å². The number of rotatable bonds is 4. The van der Waals surface area contributed by atoms with Gasteiger partial charge in [-0.1, -0.05) is 54.6 Å². The molecule has 1 amide bonds. The number of anilines is 1. The highest BCUT2D eigenvalue weighted by molar-refractivity contribution is 7.80. The summed E-state index contributed by atoms with van der Waals surface area (Å²) in [6.07, 6.45) is 3.11. The van der Waals surface area contributed by atoms with Gasteiger partial charge in [-0.05, 0) is 35.8 Å². The maximum Gasteiger partial charge on any atom is 0.250 e. The van der Waals surface area contributed by atoms with Crippen LogP contribution < -0.4 is 15.4 Å². The molecule has 0 unspecified atom stereocenters. The molecular weight excluding hydrogens is 344 g/mol. The molecule has 130 valence electrons. The second-order valence-electron chi connectivity index (χ2n) is 5.55. The third kappa shape index (κ3) is 4.26. The molecule has 0 atom stereocenters. The number of fused-ring (bicyclic) bond motifs is 1. The predicted octanol–water partition coefficient (Wildman–Crippen LogP) is 4.37. The standard InChI is InChI=1S/C21H18N2O2S/c1-25-19-12-5-3-8-16(19)13-14-20(24)23-21(26)22-18-11-6-9-15-7-2-4-10-17(15)18/h2-14H,1H3,(H2,22,23,24,26). The molecule has 0 heterocycles. The van der Waals surface area contributed by atoms with Crippen LogP contribution in [0.5, 0.6) is 5.75 Å². The molecule has 0 radical (unpaired) electrons. The maximum absolute atomic E-state index is 12.1. The Labute approximate surface area is 157 Å². The predicted molar refractivity (Wildman–Crippen MR) is 110 cm³/mol. The van der Waals surface area contributed by atoms with E-state index in [1.54, 1.807) is 13.2 Å². The quantitative estimate of drug-likeness (QED) is 0.534. The second kappa shape index (κ2) is 8.27. The molecular formula is C21H18N2O2S. The van der Waals surface area contributed by atoms with Crippen molar-refractivity contribution in [1.29, 1.82) is 0 Å². The number of thiocarbonyl (C=S) groups is 1. The summed E-state index contributed by atoms with van der Waals surface area (Å²) in [6, 6.07) is 21.3. The van der Waals surface area contributed by atoms with Crippen LogP contribution in [0.15, 0.2) is 72.8 Å². The number of hydrogen-bond acceptors (Lipinski definition) is 3. The van der Waals surface area contributed by atoms with Gasteiger partial charge in [-0.2, -0.15) is 0 Å². The topological polar surface area (TPSA) is 50.4 Å². The largest absolute Gasteiger partial charge is 0.496 e. The minimum absolute atomic E-state index is 0.246. The molecule has 0 fully saturated rings. The lowest BCUT2D eigenvalue weighted by Crippen LogP contribution is -2.32. The van der Waals surface area contributed by atoms with E-state index in [2.05, 4.69) is 10.6 Å². The first-order valence-corrected chi connectivity index (χ1v) is 8.49. The highest BCUT2D eigenvalue weighted by Gasteiger charge is 2.05. The van der Waals surface area contributed by atoms with E-state index in [-0.39, 0.29) is 11.0 Å². The first kappa shape index (κ1) is 17.6. The normalized spacial score (nSPS) is 10.7. The fraction of sp³-hybridized carbons (Fsp3) is 0.0476. The Morgan fingerprint density at radius 1 is 1.00 bits per heavy atom. The number of carbonyl (C=O) groups is 1. The number of nitrogens with one attached hydrogen (secondary N) is 2. The minimum atomic E-state index is -0.311. The summed E-state index contributed by atoms with van der Waals surface area (Å²) in [5, 5.41) is 8.12. The van der Waals surface area contributed by atoms with E-state index in [1.807, 2.05) is 66.7 Å². The average molecular weight is 362 g/mol. The van der Waals surface area contributed by atoms with Gasteiger partial charge < -0.3 is 10.1 Å². The van der Waals surface area contributed by atoms with Crippen LogP contribution in [0.2, 0.25) is 0 Å². The lowest BCUT2D eigenvalue weighted by Gasteiger charge is -2.11. The van der Waals surface area contributed by atoms with E-state index in [4.69, 9.17) is 17.0 Å². The summed E-state index contributed by atoms with van der Waals surface area (Å²) in [7, 11) is 1.59. The summed E-state index contributed by atoms with van der Waals surface area (Å²) in [5.41, 5.74) is 1.67. The van der Waals surface area contributed by atoms with Crippen molar-refractivity contribution in [3.8, 4) is 5.75 Å². The molecule has 3 aromatic carbocycles. The van der Waals surface area contributed by atoms with E-state index >= 15 is 0 Å². The molecule has 4 nitrogen and oxygen atoms in total. The SMILES string of the molecule is COc1ccccc1C=CC(=O)NC(=S)Nc1cccc2ccccc12. The molecule has 0 aliphatic rings. The molecule has 0 bridgehead atoms. The summed E-state index contributed by atoms with van der Waals surface area (Å²) in [5.74, 6) is 0.390. The van der Waals surface area contributed by atoms with Crippen molar-refractivity contribution in [2.24, 2.45) is 0 Å². The van der Waals surface area contributed by atoms with Crippen molar-refractivity contribution >= 4 is 45.8 Å². The Bertz CT molecular complexity index is 977. The van der Waals surface area contributed by atoms with Crippen molar-refractivity contribution in [3.05, 3.63) is 78.4 Å². The molecule has 3 aromatic rings. The average Bonchev–Trinajstić information content (AvgIpc) is 2.67. The van der Waals surface area contributed by atoms with Gasteiger partial charge in [-0.3, -0.25) is 10.1 Å². The number of amides is 1. The molecule has 0 aliphatic heterocycles. The van der Waals surface area contributed by atoms with Crippen LogP contribution in [-0.4, -0.2) is 18.1 Å². The summed E-state index contributed by atoms with van der Waals surface area (Å²) >= 11 is 5.25. The zero-order valence-corrected chi connectivity index (χ0v) is 15.0. The Hall–Kier alpha value is -3.18. The lowest BCUT2D eigenvalue weighted by molar-refractivity contribution is -0.115. The third-order valence-corrected chi connectivity index (χ3v) is 4.03. The summed E-state index contributed by atoms with van der Waals surface area (Å²) < 4.78 is 5.26. The van der Waals surface area contributed by atoms with Gasteiger partial charge in [0.15, 0.2) is 5.11 Å². The van der Waals surface area contributed by atoms with E-state index in [0.717, 1.165) is 22.0 Å². The Morgan fingerprint density at radius 2 is 1.73 bits per heavy atom. The molecule has 3 rings (SSSR count). The summed E-state index contributed by atoms with van der Waals surface area (Å²) in [6.45, 7) is 0. The van der Waals surface area contributed by atoms with Crippen LogP contribution >= 0.6 is 12.2 Å². The van der Waals surface area contributed by atoms with Crippen LogP contribution in [0, 0.1) is 0 Å². The van der Waals surface area contributed by atoms with Crippen molar-refractivity contribution < 1.29 is 9.53 Å². The van der Waals surface area contributed by atoms with Crippen LogP contribution in [0.3, 0.4) is 0 Å². The van der Waals surface area contributed by atoms with E-state index in [1.165, 1.54) is 6.08 Å². The Kier molecular flexibility index (Phi) is 5.61. The molecule has 0 saturated carbocycles. The van der Waals surface area contributed by atoms with E-state index in [9.17, 15) is 4.79 Å². The van der Waals surface area contributed by atoms with Crippen LogP contribution in [0.4, 0.5) is 5.69 Å². The third-order valence-electron chi connectivity index (χ3n) is 3.83. The molecule has 0 aromatic heterocycles.